The van der Waals surface area contributed by atoms with E-state index in [1.807, 2.05) is 0 Å². The fraction of sp³-hybridized carbons (Fsp3) is 0.314. The van der Waals surface area contributed by atoms with Crippen LogP contribution >= 0.6 is 23.5 Å². The molecule has 3 nitrogen and oxygen atoms in total. The number of ether oxygens (including phenoxy) is 3. The van der Waals surface area contributed by atoms with Gasteiger partial charge < -0.3 is 14.2 Å². The first-order chi connectivity index (χ1) is 24.5. The maximum Gasteiger partial charge on any atom is 0.573 e. The number of alkyl halides is 5. The maximum atomic E-state index is 15.2. The minimum absolute atomic E-state index is 0.0911. The lowest BCUT2D eigenvalue weighted by molar-refractivity contribution is -0.276. The molecule has 0 unspecified atom stereocenters. The number of benzene rings is 4. The highest BCUT2D eigenvalue weighted by molar-refractivity contribution is 8.16. The largest absolute Gasteiger partial charge is 0.573 e. The van der Waals surface area contributed by atoms with Crippen molar-refractivity contribution in [3.05, 3.63) is 106 Å². The molecule has 17 heteroatoms. The SMILES string of the molecule is CCCCOCC1CSC(c2ccc(-c3cc(F)c(C(F)(F)Oc4cc(F)c(-c5cc(F)c(OC(F)(F)F)c(F)c5)c(F)c4)c(F)c3)c(F)c2)SC1. The number of rotatable bonds is 12. The first-order valence-electron chi connectivity index (χ1n) is 15.4. The van der Waals surface area contributed by atoms with Crippen LogP contribution in [0.25, 0.3) is 22.3 Å². The summed E-state index contributed by atoms with van der Waals surface area (Å²) in [5.41, 5.74) is -4.36. The van der Waals surface area contributed by atoms with E-state index in [9.17, 15) is 30.7 Å². The second-order valence-electron chi connectivity index (χ2n) is 11.5. The van der Waals surface area contributed by atoms with Crippen molar-refractivity contribution in [3.63, 3.8) is 0 Å². The topological polar surface area (TPSA) is 27.7 Å². The Morgan fingerprint density at radius 3 is 1.79 bits per heavy atom. The van der Waals surface area contributed by atoms with E-state index in [1.165, 1.54) is 12.1 Å². The summed E-state index contributed by atoms with van der Waals surface area (Å²) in [6, 6.07) is 5.25. The predicted molar refractivity (Wildman–Crippen MR) is 172 cm³/mol. The highest BCUT2D eigenvalue weighted by Crippen LogP contribution is 2.47. The Morgan fingerprint density at radius 2 is 1.25 bits per heavy atom. The molecule has 1 aliphatic rings. The third-order valence-electron chi connectivity index (χ3n) is 7.64. The zero-order valence-electron chi connectivity index (χ0n) is 26.7. The molecule has 5 rings (SSSR count). The van der Waals surface area contributed by atoms with Gasteiger partial charge in [-0.15, -0.1) is 36.7 Å². The van der Waals surface area contributed by atoms with Crippen molar-refractivity contribution in [2.75, 3.05) is 24.7 Å². The fourth-order valence-electron chi connectivity index (χ4n) is 5.25. The van der Waals surface area contributed by atoms with Crippen molar-refractivity contribution in [1.29, 1.82) is 0 Å². The quantitative estimate of drug-likeness (QED) is 0.105. The Morgan fingerprint density at radius 1 is 0.673 bits per heavy atom. The van der Waals surface area contributed by atoms with Gasteiger partial charge in [0.05, 0.1) is 16.8 Å². The Kier molecular flexibility index (Phi) is 12.3. The monoisotopic (exact) mass is 786 g/mol. The molecule has 4 aromatic rings. The molecule has 1 saturated heterocycles. The summed E-state index contributed by atoms with van der Waals surface area (Å²) in [5.74, 6) is -13.6. The van der Waals surface area contributed by atoms with Crippen LogP contribution in [0.2, 0.25) is 0 Å². The van der Waals surface area contributed by atoms with Crippen LogP contribution in [0, 0.1) is 46.6 Å². The maximum absolute atomic E-state index is 15.2. The lowest BCUT2D eigenvalue weighted by Gasteiger charge is -2.28. The van der Waals surface area contributed by atoms with Crippen LogP contribution in [0.5, 0.6) is 11.5 Å². The van der Waals surface area contributed by atoms with Gasteiger partial charge in [0.1, 0.15) is 40.4 Å². The molecule has 0 aromatic heterocycles. The summed E-state index contributed by atoms with van der Waals surface area (Å²) in [4.78, 5) is 0. The van der Waals surface area contributed by atoms with Crippen molar-refractivity contribution < 1.29 is 66.9 Å². The van der Waals surface area contributed by atoms with Crippen molar-refractivity contribution in [2.45, 2.75) is 36.8 Å². The molecule has 1 aliphatic heterocycles. The van der Waals surface area contributed by atoms with Crippen LogP contribution in [0.3, 0.4) is 0 Å². The first kappa shape index (κ1) is 39.5. The molecule has 4 aromatic carbocycles. The van der Waals surface area contributed by atoms with Gasteiger partial charge in [0.2, 0.25) is 5.75 Å². The standard InChI is InChI=1S/C35H26F12O3S2/c1-2-3-6-48-14-17-15-51-33(52-16-17)18-4-5-22(23(36)7-18)19-8-26(39)31(27(40)9-19)34(43,44)49-21-12-24(37)30(25(38)13-21)20-10-28(41)32(29(42)11-20)50-35(45,46)47/h4-5,7-13,17,33H,2-3,6,14-16H2,1H3. The minimum atomic E-state index is -5.51. The highest BCUT2D eigenvalue weighted by atomic mass is 32.2. The molecule has 0 amide bonds. The molecule has 1 heterocycles. The van der Waals surface area contributed by atoms with E-state index in [0.29, 0.717) is 36.8 Å². The average Bonchev–Trinajstić information content (AvgIpc) is 3.03. The van der Waals surface area contributed by atoms with E-state index >= 15 is 22.0 Å². The highest BCUT2D eigenvalue weighted by Gasteiger charge is 2.42. The van der Waals surface area contributed by atoms with Crippen LogP contribution < -0.4 is 9.47 Å². The summed E-state index contributed by atoms with van der Waals surface area (Å²) in [5, 5.41) is 0. The molecule has 1 fully saturated rings. The molecular formula is C35H26F12O3S2. The van der Waals surface area contributed by atoms with Gasteiger partial charge in [-0.2, -0.15) is 8.78 Å². The first-order valence-corrected chi connectivity index (χ1v) is 17.5. The summed E-state index contributed by atoms with van der Waals surface area (Å²) in [6.07, 6.45) is -8.43. The number of unbranched alkanes of at least 4 members (excludes halogenated alkanes) is 1. The predicted octanol–water partition coefficient (Wildman–Crippen LogP) is 11.9. The van der Waals surface area contributed by atoms with Crippen LogP contribution in [-0.4, -0.2) is 31.1 Å². The lowest BCUT2D eigenvalue weighted by Crippen LogP contribution is -2.25. The van der Waals surface area contributed by atoms with Gasteiger partial charge in [0, 0.05) is 41.7 Å². The van der Waals surface area contributed by atoms with E-state index in [0.717, 1.165) is 24.3 Å². The van der Waals surface area contributed by atoms with E-state index < -0.39 is 86.9 Å². The van der Waals surface area contributed by atoms with Crippen LogP contribution in [0.4, 0.5) is 52.7 Å². The lowest BCUT2D eigenvalue weighted by atomic mass is 10.0. The number of thioether (sulfide) groups is 2. The molecule has 0 saturated carbocycles. The third kappa shape index (κ3) is 9.26. The molecular weight excluding hydrogens is 760 g/mol. The van der Waals surface area contributed by atoms with Crippen molar-refractivity contribution in [1.82, 2.24) is 0 Å². The van der Waals surface area contributed by atoms with E-state index in [1.54, 1.807) is 29.6 Å². The second kappa shape index (κ2) is 16.1. The summed E-state index contributed by atoms with van der Waals surface area (Å²) >= 11 is 3.19. The van der Waals surface area contributed by atoms with Crippen molar-refractivity contribution in [2.24, 2.45) is 5.92 Å². The zero-order chi connectivity index (χ0) is 38.0. The minimum Gasteiger partial charge on any atom is -0.429 e. The third-order valence-corrected chi connectivity index (χ3v) is 10.9. The van der Waals surface area contributed by atoms with E-state index in [2.05, 4.69) is 16.4 Å². The fourth-order valence-corrected chi connectivity index (χ4v) is 8.25. The molecule has 0 radical (unpaired) electrons. The smallest absolute Gasteiger partial charge is 0.429 e. The molecule has 0 atom stereocenters. The second-order valence-corrected chi connectivity index (χ2v) is 14.1. The molecule has 0 aliphatic carbocycles. The van der Waals surface area contributed by atoms with Gasteiger partial charge >= 0.3 is 12.5 Å². The molecule has 0 spiro atoms. The molecule has 52 heavy (non-hydrogen) atoms. The molecule has 0 N–H and O–H groups in total. The van der Waals surface area contributed by atoms with Gasteiger partial charge in [-0.05, 0) is 53.4 Å². The van der Waals surface area contributed by atoms with Gasteiger partial charge in [-0.3, -0.25) is 0 Å². The average molecular weight is 787 g/mol. The van der Waals surface area contributed by atoms with Crippen molar-refractivity contribution >= 4 is 23.5 Å². The number of hydrogen-bond donors (Lipinski definition) is 0. The van der Waals surface area contributed by atoms with Gasteiger partial charge in [0.15, 0.2) is 11.6 Å². The van der Waals surface area contributed by atoms with Gasteiger partial charge in [0.25, 0.3) is 0 Å². The Labute approximate surface area is 297 Å². The molecule has 0 bridgehead atoms. The van der Waals surface area contributed by atoms with Gasteiger partial charge in [-0.25, -0.2) is 30.7 Å². The Balaban J connectivity index is 1.31. The van der Waals surface area contributed by atoms with Crippen LogP contribution in [0.1, 0.15) is 35.5 Å². The van der Waals surface area contributed by atoms with Crippen LogP contribution in [-0.2, 0) is 10.8 Å². The summed E-state index contributed by atoms with van der Waals surface area (Å²) < 4.78 is 184. The van der Waals surface area contributed by atoms with E-state index in [4.69, 9.17) is 4.74 Å². The summed E-state index contributed by atoms with van der Waals surface area (Å²) in [6.45, 7) is 3.37. The normalized spacial score (nSPS) is 16.6. The number of halogens is 12. The van der Waals surface area contributed by atoms with Crippen LogP contribution in [0.15, 0.2) is 54.6 Å². The van der Waals surface area contributed by atoms with E-state index in [-0.39, 0.29) is 34.4 Å². The Hall–Kier alpha value is -3.70. The number of hydrogen-bond acceptors (Lipinski definition) is 5. The Bertz CT molecular complexity index is 1840. The summed E-state index contributed by atoms with van der Waals surface area (Å²) in [7, 11) is 0. The van der Waals surface area contributed by atoms with Crippen molar-refractivity contribution in [3.8, 4) is 33.8 Å². The zero-order valence-corrected chi connectivity index (χ0v) is 28.3. The molecule has 280 valence electrons. The van der Waals surface area contributed by atoms with Gasteiger partial charge in [-0.1, -0.05) is 25.5 Å².